The summed E-state index contributed by atoms with van der Waals surface area (Å²) in [7, 11) is 3.22. The van der Waals surface area contributed by atoms with Gasteiger partial charge in [-0.1, -0.05) is 19.9 Å². The van der Waals surface area contributed by atoms with Crippen LogP contribution in [0.1, 0.15) is 19.4 Å². The van der Waals surface area contributed by atoms with E-state index >= 15 is 0 Å². The van der Waals surface area contributed by atoms with E-state index in [9.17, 15) is 0 Å². The third-order valence-corrected chi connectivity index (χ3v) is 1.91. The third-order valence-electron chi connectivity index (χ3n) is 1.60. The standard InChI is InChI=1S/C9H11ClO2.C2H6/c1-11-8-4-3-7(6-10)5-9(8)12-2;1-2/h3-5H,6H2,1-2H3;1-2H3. The summed E-state index contributed by atoms with van der Waals surface area (Å²) in [5.41, 5.74) is 1.02. The van der Waals surface area contributed by atoms with Crippen LogP contribution in [0.3, 0.4) is 0 Å². The van der Waals surface area contributed by atoms with Crippen molar-refractivity contribution in [3.63, 3.8) is 0 Å². The van der Waals surface area contributed by atoms with Gasteiger partial charge < -0.3 is 9.47 Å². The van der Waals surface area contributed by atoms with Crippen molar-refractivity contribution < 1.29 is 9.47 Å². The van der Waals surface area contributed by atoms with Crippen LogP contribution in [0.25, 0.3) is 0 Å². The molecule has 80 valence electrons. The van der Waals surface area contributed by atoms with Gasteiger partial charge in [-0.3, -0.25) is 0 Å². The molecule has 0 saturated heterocycles. The molecule has 1 rings (SSSR count). The first-order valence-electron chi connectivity index (χ1n) is 4.58. The van der Waals surface area contributed by atoms with Crippen LogP contribution < -0.4 is 9.47 Å². The molecular formula is C11H17ClO2. The van der Waals surface area contributed by atoms with Crippen LogP contribution in [-0.4, -0.2) is 14.2 Å². The highest BCUT2D eigenvalue weighted by atomic mass is 35.5. The Labute approximate surface area is 90.8 Å². The van der Waals surface area contributed by atoms with Crippen molar-refractivity contribution in [1.29, 1.82) is 0 Å². The van der Waals surface area contributed by atoms with Gasteiger partial charge in [-0.2, -0.15) is 0 Å². The molecule has 1 aromatic rings. The highest BCUT2D eigenvalue weighted by molar-refractivity contribution is 6.17. The van der Waals surface area contributed by atoms with Crippen molar-refractivity contribution in [1.82, 2.24) is 0 Å². The summed E-state index contributed by atoms with van der Waals surface area (Å²) in [5.74, 6) is 1.93. The molecule has 0 aliphatic carbocycles. The van der Waals surface area contributed by atoms with Crippen LogP contribution in [-0.2, 0) is 5.88 Å². The third kappa shape index (κ3) is 3.46. The second kappa shape index (κ2) is 7.51. The summed E-state index contributed by atoms with van der Waals surface area (Å²) in [6, 6.07) is 5.62. The SMILES string of the molecule is CC.COc1ccc(CCl)cc1OC. The minimum Gasteiger partial charge on any atom is -0.493 e. The molecule has 14 heavy (non-hydrogen) atoms. The average Bonchev–Trinajstić information content (AvgIpc) is 2.30. The van der Waals surface area contributed by atoms with Gasteiger partial charge in [0.15, 0.2) is 11.5 Å². The largest absolute Gasteiger partial charge is 0.493 e. The zero-order chi connectivity index (χ0) is 11.0. The molecule has 0 amide bonds. The average molecular weight is 217 g/mol. The molecule has 0 aliphatic rings. The predicted molar refractivity (Wildman–Crippen MR) is 60.5 cm³/mol. The molecule has 0 N–H and O–H groups in total. The van der Waals surface area contributed by atoms with Crippen molar-refractivity contribution in [2.45, 2.75) is 19.7 Å². The van der Waals surface area contributed by atoms with E-state index in [1.807, 2.05) is 32.0 Å². The van der Waals surface area contributed by atoms with Crippen LogP contribution in [0.5, 0.6) is 11.5 Å². The van der Waals surface area contributed by atoms with Gasteiger partial charge in [-0.05, 0) is 17.7 Å². The van der Waals surface area contributed by atoms with E-state index in [1.165, 1.54) is 0 Å². The van der Waals surface area contributed by atoms with Crippen LogP contribution in [0.4, 0.5) is 0 Å². The topological polar surface area (TPSA) is 18.5 Å². The van der Waals surface area contributed by atoms with E-state index in [0.29, 0.717) is 5.88 Å². The van der Waals surface area contributed by atoms with Gasteiger partial charge in [0.25, 0.3) is 0 Å². The molecule has 0 spiro atoms. The quantitative estimate of drug-likeness (QED) is 0.721. The van der Waals surface area contributed by atoms with Crippen molar-refractivity contribution in [2.24, 2.45) is 0 Å². The van der Waals surface area contributed by atoms with Gasteiger partial charge in [0.1, 0.15) is 0 Å². The van der Waals surface area contributed by atoms with E-state index in [0.717, 1.165) is 17.1 Å². The molecule has 0 saturated carbocycles. The molecular weight excluding hydrogens is 200 g/mol. The number of ether oxygens (including phenoxy) is 2. The minimum atomic E-state index is 0.486. The molecule has 0 atom stereocenters. The van der Waals surface area contributed by atoms with E-state index in [1.54, 1.807) is 14.2 Å². The molecule has 0 unspecified atom stereocenters. The van der Waals surface area contributed by atoms with Crippen LogP contribution >= 0.6 is 11.6 Å². The van der Waals surface area contributed by atoms with Crippen molar-refractivity contribution >= 4 is 11.6 Å². The fourth-order valence-electron chi connectivity index (χ4n) is 0.964. The van der Waals surface area contributed by atoms with E-state index in [4.69, 9.17) is 21.1 Å². The molecule has 2 nitrogen and oxygen atoms in total. The van der Waals surface area contributed by atoms with Gasteiger partial charge in [0.2, 0.25) is 0 Å². The lowest BCUT2D eigenvalue weighted by Gasteiger charge is -2.07. The summed E-state index contributed by atoms with van der Waals surface area (Å²) >= 11 is 5.66. The summed E-state index contributed by atoms with van der Waals surface area (Å²) < 4.78 is 10.2. The Morgan fingerprint density at radius 2 is 1.64 bits per heavy atom. The van der Waals surface area contributed by atoms with E-state index in [2.05, 4.69) is 0 Å². The Kier molecular flexibility index (Phi) is 7.03. The Bertz CT molecular complexity index is 261. The number of alkyl halides is 1. The van der Waals surface area contributed by atoms with Gasteiger partial charge in [-0.15, -0.1) is 11.6 Å². The number of rotatable bonds is 3. The molecule has 0 fully saturated rings. The smallest absolute Gasteiger partial charge is 0.161 e. The molecule has 0 heterocycles. The first-order valence-corrected chi connectivity index (χ1v) is 5.12. The lowest BCUT2D eigenvalue weighted by Crippen LogP contribution is -1.91. The maximum atomic E-state index is 5.66. The Morgan fingerprint density at radius 3 is 2.07 bits per heavy atom. The lowest BCUT2D eigenvalue weighted by atomic mass is 10.2. The Balaban J connectivity index is 0.000000791. The van der Waals surface area contributed by atoms with Crippen molar-refractivity contribution in [2.75, 3.05) is 14.2 Å². The molecule has 0 aliphatic heterocycles. The fraction of sp³-hybridized carbons (Fsp3) is 0.455. The van der Waals surface area contributed by atoms with Crippen LogP contribution in [0, 0.1) is 0 Å². The molecule has 0 bridgehead atoms. The first-order chi connectivity index (χ1) is 6.81. The number of halogens is 1. The van der Waals surface area contributed by atoms with Crippen molar-refractivity contribution in [3.8, 4) is 11.5 Å². The van der Waals surface area contributed by atoms with Crippen LogP contribution in [0.2, 0.25) is 0 Å². The number of benzene rings is 1. The maximum absolute atomic E-state index is 5.66. The highest BCUT2D eigenvalue weighted by Crippen LogP contribution is 2.27. The van der Waals surface area contributed by atoms with Gasteiger partial charge in [-0.25, -0.2) is 0 Å². The Morgan fingerprint density at radius 1 is 1.07 bits per heavy atom. The predicted octanol–water partition coefficient (Wildman–Crippen LogP) is 3.47. The summed E-state index contributed by atoms with van der Waals surface area (Å²) in [5, 5.41) is 0. The number of hydrogen-bond donors (Lipinski definition) is 0. The molecule has 0 radical (unpaired) electrons. The Hall–Kier alpha value is -0.890. The second-order valence-corrected chi connectivity index (χ2v) is 2.59. The lowest BCUT2D eigenvalue weighted by molar-refractivity contribution is 0.354. The zero-order valence-electron chi connectivity index (χ0n) is 9.13. The van der Waals surface area contributed by atoms with E-state index in [-0.39, 0.29) is 0 Å². The highest BCUT2D eigenvalue weighted by Gasteiger charge is 2.02. The normalized spacial score (nSPS) is 8.64. The van der Waals surface area contributed by atoms with E-state index < -0.39 is 0 Å². The molecule has 0 aromatic heterocycles. The zero-order valence-corrected chi connectivity index (χ0v) is 9.89. The number of methoxy groups -OCH3 is 2. The minimum absolute atomic E-state index is 0.486. The van der Waals surface area contributed by atoms with Crippen LogP contribution in [0.15, 0.2) is 18.2 Å². The molecule has 3 heteroatoms. The molecule has 1 aromatic carbocycles. The number of hydrogen-bond acceptors (Lipinski definition) is 2. The second-order valence-electron chi connectivity index (χ2n) is 2.32. The monoisotopic (exact) mass is 216 g/mol. The summed E-state index contributed by atoms with van der Waals surface area (Å²) in [6.07, 6.45) is 0. The van der Waals surface area contributed by atoms with Crippen molar-refractivity contribution in [3.05, 3.63) is 23.8 Å². The van der Waals surface area contributed by atoms with Gasteiger partial charge in [0.05, 0.1) is 14.2 Å². The summed E-state index contributed by atoms with van der Waals surface area (Å²) in [4.78, 5) is 0. The maximum Gasteiger partial charge on any atom is 0.161 e. The van der Waals surface area contributed by atoms with Gasteiger partial charge >= 0.3 is 0 Å². The van der Waals surface area contributed by atoms with Gasteiger partial charge in [0, 0.05) is 5.88 Å². The fourth-order valence-corrected chi connectivity index (χ4v) is 1.13. The summed E-state index contributed by atoms with van der Waals surface area (Å²) in [6.45, 7) is 4.00. The first kappa shape index (κ1) is 13.1.